The largest absolute Gasteiger partial charge is 0.493 e. The molecule has 4 rings (SSSR count). The third-order valence-corrected chi connectivity index (χ3v) is 7.20. The zero-order valence-electron chi connectivity index (χ0n) is 18.5. The third kappa shape index (κ3) is 4.13. The molecule has 1 N–H and O–H groups in total. The Morgan fingerprint density at radius 3 is 2.52 bits per heavy atom. The minimum Gasteiger partial charge on any atom is -0.493 e. The molecule has 1 aliphatic carbocycles. The molecule has 2 fully saturated rings. The maximum atomic E-state index is 12.6. The van der Waals surface area contributed by atoms with Crippen molar-refractivity contribution in [2.24, 2.45) is 5.41 Å². The van der Waals surface area contributed by atoms with Crippen LogP contribution in [-0.2, 0) is 11.2 Å². The van der Waals surface area contributed by atoms with E-state index < -0.39 is 5.60 Å². The van der Waals surface area contributed by atoms with Gasteiger partial charge in [0.1, 0.15) is 0 Å². The van der Waals surface area contributed by atoms with Crippen LogP contribution in [0.5, 0.6) is 11.5 Å². The van der Waals surface area contributed by atoms with E-state index >= 15 is 0 Å². The predicted octanol–water partition coefficient (Wildman–Crippen LogP) is 3.23. The summed E-state index contributed by atoms with van der Waals surface area (Å²) in [4.78, 5) is 19.0. The number of aryl methyl sites for hydroxylation is 1. The van der Waals surface area contributed by atoms with Gasteiger partial charge in [0.05, 0.1) is 19.8 Å². The second-order valence-corrected chi connectivity index (χ2v) is 8.87. The Hall–Kier alpha value is -2.61. The van der Waals surface area contributed by atoms with Crippen molar-refractivity contribution < 1.29 is 23.9 Å². The Balaban J connectivity index is 1.26. The fourth-order valence-electron chi connectivity index (χ4n) is 4.81. The SMILES string of the molecule is COc1ccc(-c2noc(CCCC(=O)N3CCC4(CC3)CCC4(C)O)n2)cc1OC. The van der Waals surface area contributed by atoms with Crippen molar-refractivity contribution >= 4 is 5.91 Å². The molecule has 2 aliphatic rings. The van der Waals surface area contributed by atoms with Crippen molar-refractivity contribution in [3.63, 3.8) is 0 Å². The molecule has 1 unspecified atom stereocenters. The molecule has 1 aromatic heterocycles. The zero-order chi connectivity index (χ0) is 22.1. The minimum atomic E-state index is -0.564. The number of likely N-dealkylation sites (tertiary alicyclic amines) is 1. The molecule has 8 heteroatoms. The van der Waals surface area contributed by atoms with Crippen LogP contribution in [0, 0.1) is 5.41 Å². The summed E-state index contributed by atoms with van der Waals surface area (Å²) in [7, 11) is 3.17. The van der Waals surface area contributed by atoms with Gasteiger partial charge in [-0.3, -0.25) is 4.79 Å². The van der Waals surface area contributed by atoms with E-state index in [2.05, 4.69) is 10.1 Å². The van der Waals surface area contributed by atoms with E-state index in [1.54, 1.807) is 26.4 Å². The lowest BCUT2D eigenvalue weighted by atomic mass is 9.53. The van der Waals surface area contributed by atoms with Crippen LogP contribution >= 0.6 is 0 Å². The Bertz CT molecular complexity index is 931. The van der Waals surface area contributed by atoms with Crippen molar-refractivity contribution in [2.45, 2.75) is 57.5 Å². The number of rotatable bonds is 7. The smallest absolute Gasteiger partial charge is 0.226 e. The van der Waals surface area contributed by atoms with Gasteiger partial charge < -0.3 is 24.0 Å². The number of benzene rings is 1. The van der Waals surface area contributed by atoms with Crippen LogP contribution in [0.25, 0.3) is 11.4 Å². The monoisotopic (exact) mass is 429 g/mol. The number of methoxy groups -OCH3 is 2. The second kappa shape index (κ2) is 8.49. The van der Waals surface area contributed by atoms with E-state index in [0.717, 1.165) is 44.3 Å². The predicted molar refractivity (Wildman–Crippen MR) is 114 cm³/mol. The van der Waals surface area contributed by atoms with E-state index in [0.29, 0.717) is 42.5 Å². The van der Waals surface area contributed by atoms with E-state index in [-0.39, 0.29) is 11.3 Å². The summed E-state index contributed by atoms with van der Waals surface area (Å²) in [5.41, 5.74) is 0.234. The molecule has 1 aliphatic heterocycles. The summed E-state index contributed by atoms with van der Waals surface area (Å²) in [6.45, 7) is 3.41. The van der Waals surface area contributed by atoms with Crippen molar-refractivity contribution in [3.8, 4) is 22.9 Å². The maximum absolute atomic E-state index is 12.6. The minimum absolute atomic E-state index is 0.0219. The fourth-order valence-corrected chi connectivity index (χ4v) is 4.81. The van der Waals surface area contributed by atoms with Crippen molar-refractivity contribution in [2.75, 3.05) is 27.3 Å². The third-order valence-electron chi connectivity index (χ3n) is 7.20. The summed E-state index contributed by atoms with van der Waals surface area (Å²) in [6, 6.07) is 5.45. The van der Waals surface area contributed by atoms with E-state index in [9.17, 15) is 9.90 Å². The Morgan fingerprint density at radius 1 is 1.16 bits per heavy atom. The highest BCUT2D eigenvalue weighted by Crippen LogP contribution is 2.56. The van der Waals surface area contributed by atoms with Crippen LogP contribution in [-0.4, -0.2) is 59.0 Å². The van der Waals surface area contributed by atoms with E-state index in [1.165, 1.54) is 0 Å². The van der Waals surface area contributed by atoms with Crippen LogP contribution < -0.4 is 9.47 Å². The summed E-state index contributed by atoms with van der Waals surface area (Å²) in [5.74, 6) is 2.40. The Labute approximate surface area is 182 Å². The molecule has 2 aromatic rings. The second-order valence-electron chi connectivity index (χ2n) is 8.87. The molecule has 0 radical (unpaired) electrons. The van der Waals surface area contributed by atoms with Gasteiger partial charge in [-0.2, -0.15) is 4.98 Å². The number of ether oxygens (including phenoxy) is 2. The number of hydrogen-bond donors (Lipinski definition) is 1. The van der Waals surface area contributed by atoms with E-state index in [1.807, 2.05) is 17.9 Å². The summed E-state index contributed by atoms with van der Waals surface area (Å²) < 4.78 is 15.9. The highest BCUT2D eigenvalue weighted by atomic mass is 16.5. The van der Waals surface area contributed by atoms with Gasteiger partial charge in [-0.25, -0.2) is 0 Å². The fraction of sp³-hybridized carbons (Fsp3) is 0.609. The van der Waals surface area contributed by atoms with Crippen molar-refractivity contribution in [1.29, 1.82) is 0 Å². The van der Waals surface area contributed by atoms with Gasteiger partial charge in [-0.05, 0) is 57.2 Å². The number of nitrogens with zero attached hydrogens (tertiary/aromatic N) is 3. The lowest BCUT2D eigenvalue weighted by Gasteiger charge is -2.58. The molecule has 1 spiro atoms. The van der Waals surface area contributed by atoms with Crippen LogP contribution in [0.15, 0.2) is 22.7 Å². The van der Waals surface area contributed by atoms with Crippen LogP contribution in [0.1, 0.15) is 51.3 Å². The Morgan fingerprint density at radius 2 is 1.90 bits per heavy atom. The molecule has 1 atom stereocenters. The van der Waals surface area contributed by atoms with Gasteiger partial charge in [0, 0.05) is 36.9 Å². The first-order valence-electron chi connectivity index (χ1n) is 10.9. The van der Waals surface area contributed by atoms with Gasteiger partial charge in [-0.15, -0.1) is 0 Å². The molecular weight excluding hydrogens is 398 g/mol. The average Bonchev–Trinajstić information content (AvgIpc) is 3.26. The summed E-state index contributed by atoms with van der Waals surface area (Å²) in [6.07, 6.45) is 5.40. The lowest BCUT2D eigenvalue weighted by Crippen LogP contribution is -2.60. The molecule has 1 amide bonds. The molecular formula is C23H31N3O5. The van der Waals surface area contributed by atoms with Crippen LogP contribution in [0.3, 0.4) is 0 Å². The molecule has 0 bridgehead atoms. The number of amides is 1. The molecule has 1 saturated carbocycles. The topological polar surface area (TPSA) is 97.9 Å². The molecule has 168 valence electrons. The lowest BCUT2D eigenvalue weighted by molar-refractivity contribution is -0.180. The van der Waals surface area contributed by atoms with Gasteiger partial charge in [0.25, 0.3) is 0 Å². The standard InChI is InChI=1S/C23H31N3O5/c1-22(28)9-10-23(22)11-13-26(14-12-23)20(27)6-4-5-19-24-21(25-31-19)16-7-8-17(29-2)18(15-16)30-3/h7-8,15,28H,4-6,9-14H2,1-3H3. The van der Waals surface area contributed by atoms with Gasteiger partial charge in [-0.1, -0.05) is 5.16 Å². The first-order chi connectivity index (χ1) is 14.9. The quantitative estimate of drug-likeness (QED) is 0.721. The highest BCUT2D eigenvalue weighted by Gasteiger charge is 2.55. The number of carbonyl (C=O) groups is 1. The number of hydrogen-bond acceptors (Lipinski definition) is 7. The first-order valence-corrected chi connectivity index (χ1v) is 10.9. The van der Waals surface area contributed by atoms with Gasteiger partial charge in [0.2, 0.25) is 17.6 Å². The number of piperidine rings is 1. The summed E-state index contributed by atoms with van der Waals surface area (Å²) in [5, 5.41) is 14.5. The Kier molecular flexibility index (Phi) is 5.92. The highest BCUT2D eigenvalue weighted by molar-refractivity contribution is 5.76. The maximum Gasteiger partial charge on any atom is 0.226 e. The number of aromatic nitrogens is 2. The molecule has 1 saturated heterocycles. The average molecular weight is 430 g/mol. The van der Waals surface area contributed by atoms with Crippen LogP contribution in [0.2, 0.25) is 0 Å². The first kappa shape index (κ1) is 21.6. The molecule has 2 heterocycles. The summed E-state index contributed by atoms with van der Waals surface area (Å²) >= 11 is 0. The normalized spacial score (nSPS) is 22.3. The molecule has 1 aromatic carbocycles. The van der Waals surface area contributed by atoms with E-state index in [4.69, 9.17) is 14.0 Å². The zero-order valence-corrected chi connectivity index (χ0v) is 18.5. The molecule has 8 nitrogen and oxygen atoms in total. The van der Waals surface area contributed by atoms with Gasteiger partial charge in [0.15, 0.2) is 11.5 Å². The molecule has 31 heavy (non-hydrogen) atoms. The van der Waals surface area contributed by atoms with Crippen molar-refractivity contribution in [3.05, 3.63) is 24.1 Å². The van der Waals surface area contributed by atoms with Crippen LogP contribution in [0.4, 0.5) is 0 Å². The number of aliphatic hydroxyl groups is 1. The van der Waals surface area contributed by atoms with Crippen molar-refractivity contribution in [1.82, 2.24) is 15.0 Å². The number of carbonyl (C=O) groups excluding carboxylic acids is 1. The van der Waals surface area contributed by atoms with Gasteiger partial charge >= 0.3 is 0 Å².